The van der Waals surface area contributed by atoms with Crippen molar-refractivity contribution < 1.29 is 19.4 Å². The van der Waals surface area contributed by atoms with Crippen molar-refractivity contribution in [3.63, 3.8) is 0 Å². The van der Waals surface area contributed by atoms with Gasteiger partial charge in [0, 0.05) is 11.5 Å². The Kier molecular flexibility index (Phi) is 6.15. The minimum Gasteiger partial charge on any atom is -0.497 e. The van der Waals surface area contributed by atoms with Crippen molar-refractivity contribution in [2.45, 2.75) is 5.75 Å². The lowest BCUT2D eigenvalue weighted by Crippen LogP contribution is -2.00. The molecule has 0 heterocycles. The monoisotopic (exact) mass is 318 g/mol. The lowest BCUT2D eigenvalue weighted by Gasteiger charge is -2.07. The van der Waals surface area contributed by atoms with Crippen LogP contribution in [0.1, 0.15) is 15.9 Å². The largest absolute Gasteiger partial charge is 0.497 e. The molecule has 0 fully saturated rings. The topological polar surface area (TPSA) is 55.8 Å². The molecule has 0 atom stereocenters. The van der Waals surface area contributed by atoms with Gasteiger partial charge in [-0.15, -0.1) is 0 Å². The third-order valence-corrected chi connectivity index (χ3v) is 4.02. The summed E-state index contributed by atoms with van der Waals surface area (Å²) in [7, 11) is 1.63. The van der Waals surface area contributed by atoms with Crippen LogP contribution in [-0.4, -0.2) is 30.5 Å². The molecule has 0 aliphatic rings. The first-order chi connectivity index (χ1) is 10.7. The van der Waals surface area contributed by atoms with Gasteiger partial charge < -0.3 is 14.6 Å². The van der Waals surface area contributed by atoms with Crippen molar-refractivity contribution in [2.75, 3.05) is 19.5 Å². The van der Waals surface area contributed by atoms with Gasteiger partial charge in [0.15, 0.2) is 0 Å². The highest BCUT2D eigenvalue weighted by atomic mass is 32.2. The fraction of sp³-hybridized carbons (Fsp3) is 0.235. The zero-order valence-corrected chi connectivity index (χ0v) is 13.1. The minimum atomic E-state index is -0.896. The summed E-state index contributed by atoms with van der Waals surface area (Å²) in [5.41, 5.74) is 1.43. The molecule has 0 saturated heterocycles. The normalized spacial score (nSPS) is 10.2. The fourth-order valence-electron chi connectivity index (χ4n) is 1.82. The molecule has 0 spiro atoms. The number of carboxylic acid groups (broad SMARTS) is 1. The number of hydrogen-bond acceptors (Lipinski definition) is 4. The van der Waals surface area contributed by atoms with Crippen LogP contribution in [0.5, 0.6) is 11.5 Å². The summed E-state index contributed by atoms with van der Waals surface area (Å²) in [6.45, 7) is 0.629. The van der Waals surface area contributed by atoms with Crippen LogP contribution in [-0.2, 0) is 5.75 Å². The quantitative estimate of drug-likeness (QED) is 0.752. The highest BCUT2D eigenvalue weighted by molar-refractivity contribution is 7.98. The van der Waals surface area contributed by atoms with Gasteiger partial charge in [0.1, 0.15) is 11.5 Å². The van der Waals surface area contributed by atoms with Crippen molar-refractivity contribution >= 4 is 17.7 Å². The molecule has 5 heteroatoms. The molecule has 0 bridgehead atoms. The average Bonchev–Trinajstić information content (AvgIpc) is 2.55. The number of benzene rings is 2. The number of hydrogen-bond donors (Lipinski definition) is 1. The molecule has 1 N–H and O–H groups in total. The SMILES string of the molecule is COc1ccc(OCCSCc2ccc(C(=O)O)cc2)cc1. The van der Waals surface area contributed by atoms with Crippen molar-refractivity contribution in [2.24, 2.45) is 0 Å². The minimum absolute atomic E-state index is 0.316. The molecule has 0 aromatic heterocycles. The second-order valence-corrected chi connectivity index (χ2v) is 5.68. The van der Waals surface area contributed by atoms with Gasteiger partial charge in [-0.3, -0.25) is 0 Å². The number of ether oxygens (including phenoxy) is 2. The van der Waals surface area contributed by atoms with Gasteiger partial charge in [0.2, 0.25) is 0 Å². The van der Waals surface area contributed by atoms with E-state index in [0.29, 0.717) is 12.2 Å². The summed E-state index contributed by atoms with van der Waals surface area (Å²) in [4.78, 5) is 10.8. The summed E-state index contributed by atoms with van der Waals surface area (Å²) in [5.74, 6) is 2.45. The van der Waals surface area contributed by atoms with E-state index in [2.05, 4.69) is 0 Å². The highest BCUT2D eigenvalue weighted by Crippen LogP contribution is 2.18. The molecule has 0 unspecified atom stereocenters. The summed E-state index contributed by atoms with van der Waals surface area (Å²) >= 11 is 1.75. The lowest BCUT2D eigenvalue weighted by molar-refractivity contribution is 0.0697. The van der Waals surface area contributed by atoms with Gasteiger partial charge in [0.25, 0.3) is 0 Å². The molecule has 2 rings (SSSR count). The Morgan fingerprint density at radius 3 is 2.27 bits per heavy atom. The van der Waals surface area contributed by atoms with E-state index in [1.54, 1.807) is 31.0 Å². The number of aromatic carboxylic acids is 1. The molecule has 22 heavy (non-hydrogen) atoms. The number of thioether (sulfide) groups is 1. The predicted molar refractivity (Wildman–Crippen MR) is 88.1 cm³/mol. The number of carbonyl (C=O) groups is 1. The van der Waals surface area contributed by atoms with Crippen LogP contribution in [0.15, 0.2) is 48.5 Å². The summed E-state index contributed by atoms with van der Waals surface area (Å²) < 4.78 is 10.7. The molecule has 116 valence electrons. The summed E-state index contributed by atoms with van der Waals surface area (Å²) in [6.07, 6.45) is 0. The molecule has 0 radical (unpaired) electrons. The van der Waals surface area contributed by atoms with E-state index < -0.39 is 5.97 Å². The first kappa shape index (κ1) is 16.2. The second kappa shape index (κ2) is 8.34. The highest BCUT2D eigenvalue weighted by Gasteiger charge is 2.02. The number of carboxylic acids is 1. The summed E-state index contributed by atoms with van der Waals surface area (Å²) in [6, 6.07) is 14.5. The maximum atomic E-state index is 10.8. The van der Waals surface area contributed by atoms with Crippen LogP contribution in [0, 0.1) is 0 Å². The second-order valence-electron chi connectivity index (χ2n) is 4.58. The first-order valence-corrected chi connectivity index (χ1v) is 8.01. The van der Waals surface area contributed by atoms with Crippen LogP contribution < -0.4 is 9.47 Å². The van der Waals surface area contributed by atoms with E-state index >= 15 is 0 Å². The van der Waals surface area contributed by atoms with Gasteiger partial charge in [-0.1, -0.05) is 12.1 Å². The van der Waals surface area contributed by atoms with Crippen molar-refractivity contribution in [1.29, 1.82) is 0 Å². The van der Waals surface area contributed by atoms with E-state index in [1.165, 1.54) is 0 Å². The molecular formula is C17H18O4S. The van der Waals surface area contributed by atoms with Crippen LogP contribution in [0.3, 0.4) is 0 Å². The molecule has 0 saturated carbocycles. The Morgan fingerprint density at radius 1 is 1.05 bits per heavy atom. The third-order valence-electron chi connectivity index (χ3n) is 3.03. The third kappa shape index (κ3) is 5.00. The smallest absolute Gasteiger partial charge is 0.335 e. The van der Waals surface area contributed by atoms with E-state index in [1.807, 2.05) is 36.4 Å². The Morgan fingerprint density at radius 2 is 1.68 bits per heavy atom. The Labute approximate surface area is 134 Å². The predicted octanol–water partition coefficient (Wildman–Crippen LogP) is 3.71. The molecule has 0 amide bonds. The number of methoxy groups -OCH3 is 1. The van der Waals surface area contributed by atoms with Crippen LogP contribution in [0.4, 0.5) is 0 Å². The summed E-state index contributed by atoms with van der Waals surface area (Å²) in [5, 5.41) is 8.83. The molecule has 0 aliphatic heterocycles. The van der Waals surface area contributed by atoms with E-state index in [-0.39, 0.29) is 0 Å². The van der Waals surface area contributed by atoms with E-state index in [0.717, 1.165) is 28.6 Å². The Bertz CT molecular complexity index is 593. The van der Waals surface area contributed by atoms with Gasteiger partial charge >= 0.3 is 5.97 Å². The maximum absolute atomic E-state index is 10.8. The molecule has 4 nitrogen and oxygen atoms in total. The number of rotatable bonds is 8. The Hall–Kier alpha value is -2.14. The molecule has 0 aliphatic carbocycles. The molecular weight excluding hydrogens is 300 g/mol. The molecule has 2 aromatic carbocycles. The standard InChI is InChI=1S/C17H18O4S/c1-20-15-6-8-16(9-7-15)21-10-11-22-12-13-2-4-14(5-3-13)17(18)19/h2-9H,10-12H2,1H3,(H,18,19). The van der Waals surface area contributed by atoms with Crippen LogP contribution in [0.25, 0.3) is 0 Å². The average molecular weight is 318 g/mol. The van der Waals surface area contributed by atoms with Gasteiger partial charge in [-0.25, -0.2) is 4.79 Å². The first-order valence-electron chi connectivity index (χ1n) is 6.86. The maximum Gasteiger partial charge on any atom is 0.335 e. The van der Waals surface area contributed by atoms with Crippen LogP contribution in [0.2, 0.25) is 0 Å². The van der Waals surface area contributed by atoms with Gasteiger partial charge in [-0.05, 0) is 42.0 Å². The lowest BCUT2D eigenvalue weighted by atomic mass is 10.1. The fourth-order valence-corrected chi connectivity index (χ4v) is 2.60. The molecule has 2 aromatic rings. The van der Waals surface area contributed by atoms with E-state index in [4.69, 9.17) is 14.6 Å². The van der Waals surface area contributed by atoms with Crippen LogP contribution >= 0.6 is 11.8 Å². The van der Waals surface area contributed by atoms with Crippen molar-refractivity contribution in [3.8, 4) is 11.5 Å². The van der Waals surface area contributed by atoms with E-state index in [9.17, 15) is 4.79 Å². The van der Waals surface area contributed by atoms with Crippen molar-refractivity contribution in [3.05, 3.63) is 59.7 Å². The Balaban J connectivity index is 1.67. The zero-order valence-electron chi connectivity index (χ0n) is 12.3. The van der Waals surface area contributed by atoms with Gasteiger partial charge in [-0.2, -0.15) is 11.8 Å². The van der Waals surface area contributed by atoms with Crippen molar-refractivity contribution in [1.82, 2.24) is 0 Å². The van der Waals surface area contributed by atoms with Gasteiger partial charge in [0.05, 0.1) is 19.3 Å². The zero-order chi connectivity index (χ0) is 15.8.